The summed E-state index contributed by atoms with van der Waals surface area (Å²) in [6.07, 6.45) is 5.55. The summed E-state index contributed by atoms with van der Waals surface area (Å²) in [6.45, 7) is 3.63. The fraction of sp³-hybridized carbons (Fsp3) is 0.483. The van der Waals surface area contributed by atoms with Gasteiger partial charge in [-0.3, -0.25) is 19.3 Å². The Morgan fingerprint density at radius 1 is 1.23 bits per heavy atom. The van der Waals surface area contributed by atoms with Gasteiger partial charge in [0.15, 0.2) is 11.5 Å². The molecule has 4 aliphatic rings. The first-order valence-electron chi connectivity index (χ1n) is 13.2. The van der Waals surface area contributed by atoms with Crippen LogP contribution in [0.2, 0.25) is 0 Å². The monoisotopic (exact) mass is 614 g/mol. The molecule has 2 aliphatic carbocycles. The summed E-state index contributed by atoms with van der Waals surface area (Å²) in [4.78, 5) is 43.1. The van der Waals surface area contributed by atoms with Crippen molar-refractivity contribution in [1.29, 1.82) is 0 Å². The summed E-state index contributed by atoms with van der Waals surface area (Å²) in [7, 11) is 3.90. The van der Waals surface area contributed by atoms with E-state index in [1.54, 1.807) is 28.4 Å². The van der Waals surface area contributed by atoms with Crippen molar-refractivity contribution in [3.8, 4) is 11.5 Å². The first-order chi connectivity index (χ1) is 18.6. The van der Waals surface area contributed by atoms with Gasteiger partial charge in [0.1, 0.15) is 11.7 Å². The second kappa shape index (κ2) is 9.45. The summed E-state index contributed by atoms with van der Waals surface area (Å²) in [6, 6.07) is 5.47. The molecule has 1 amide bonds. The van der Waals surface area contributed by atoms with Crippen molar-refractivity contribution in [3.63, 3.8) is 0 Å². The lowest BCUT2D eigenvalue weighted by molar-refractivity contribution is -0.220. The molecule has 1 aromatic carbocycles. The van der Waals surface area contributed by atoms with E-state index in [9.17, 15) is 14.4 Å². The fourth-order valence-electron chi connectivity index (χ4n) is 7.63. The standard InChI is InChI=1S/C29H31BrN2O6S/c1-16(33)36-22-7-5-18-13-23-29(38-17(2)34)10-9-21(32(4)24(35)8-6-20-14-19(30)15-39-20)27-28(29,11-12-31(23)3)25(18)26(22)37-27/h5-8,14-15,21,23,27H,9-13H2,1-4H3/b8-6+/t21-,23+,27-,28-,29+/m0/s1. The Bertz CT molecular complexity index is 1410. The van der Waals surface area contributed by atoms with E-state index < -0.39 is 23.1 Å². The number of carbonyl (C=O) groups excluding carboxylic acids is 3. The molecule has 0 radical (unpaired) electrons. The van der Waals surface area contributed by atoms with Gasteiger partial charge in [0, 0.05) is 47.3 Å². The second-order valence-electron chi connectivity index (χ2n) is 11.0. The fourth-order valence-corrected chi connectivity index (χ4v) is 8.97. The van der Waals surface area contributed by atoms with E-state index in [1.165, 1.54) is 13.8 Å². The van der Waals surface area contributed by atoms with Crippen LogP contribution in [0.4, 0.5) is 0 Å². The molecule has 39 heavy (non-hydrogen) atoms. The molecule has 0 unspecified atom stereocenters. The van der Waals surface area contributed by atoms with Gasteiger partial charge >= 0.3 is 11.9 Å². The molecule has 5 atom stereocenters. The number of ether oxygens (including phenoxy) is 3. The van der Waals surface area contributed by atoms with Gasteiger partial charge in [-0.15, -0.1) is 11.3 Å². The second-order valence-corrected chi connectivity index (χ2v) is 12.9. The van der Waals surface area contributed by atoms with Crippen molar-refractivity contribution in [2.45, 2.75) is 68.7 Å². The molecule has 2 aromatic rings. The number of halogens is 1. The third kappa shape index (κ3) is 3.89. The SMILES string of the molecule is CC(=O)Oc1ccc2c3c1O[C@H]1[C@@H](N(C)C(=O)/C=C/c4cc(Br)cs4)CC[C@@]4(OC(C)=O)[C@@H](C2)N(C)CC[C@]314. The van der Waals surface area contributed by atoms with Crippen LogP contribution in [0.1, 0.15) is 49.1 Å². The maximum Gasteiger partial charge on any atom is 0.308 e. The van der Waals surface area contributed by atoms with E-state index in [2.05, 4.69) is 27.9 Å². The van der Waals surface area contributed by atoms with Crippen molar-refractivity contribution in [2.75, 3.05) is 20.6 Å². The van der Waals surface area contributed by atoms with Crippen LogP contribution in [-0.4, -0.2) is 72.1 Å². The van der Waals surface area contributed by atoms with Crippen LogP contribution in [0.15, 0.2) is 34.1 Å². The highest BCUT2D eigenvalue weighted by Crippen LogP contribution is 2.67. The Hall–Kier alpha value is -2.69. The maximum absolute atomic E-state index is 13.5. The van der Waals surface area contributed by atoms with Gasteiger partial charge in [0.05, 0.1) is 17.5 Å². The van der Waals surface area contributed by atoms with Crippen LogP contribution < -0.4 is 9.47 Å². The number of likely N-dealkylation sites (N-methyl/N-ethyl adjacent to an activating group) is 2. The van der Waals surface area contributed by atoms with Gasteiger partial charge < -0.3 is 19.1 Å². The smallest absolute Gasteiger partial charge is 0.308 e. The highest BCUT2D eigenvalue weighted by Gasteiger charge is 2.75. The zero-order valence-electron chi connectivity index (χ0n) is 22.4. The van der Waals surface area contributed by atoms with Crippen LogP contribution in [0.5, 0.6) is 11.5 Å². The summed E-state index contributed by atoms with van der Waals surface area (Å²) in [5.74, 6) is 0.0317. The van der Waals surface area contributed by atoms with Gasteiger partial charge in [-0.05, 0) is 79.0 Å². The number of rotatable bonds is 5. The van der Waals surface area contributed by atoms with Crippen molar-refractivity contribution in [3.05, 3.63) is 50.1 Å². The van der Waals surface area contributed by atoms with E-state index in [0.717, 1.165) is 27.0 Å². The van der Waals surface area contributed by atoms with Crippen molar-refractivity contribution < 1.29 is 28.6 Å². The normalized spacial score (nSPS) is 30.4. The first kappa shape index (κ1) is 26.5. The average molecular weight is 616 g/mol. The van der Waals surface area contributed by atoms with Gasteiger partial charge in [0.25, 0.3) is 0 Å². The largest absolute Gasteiger partial charge is 0.483 e. The van der Waals surface area contributed by atoms with Crippen LogP contribution in [0, 0.1) is 0 Å². The molecule has 2 bridgehead atoms. The molecule has 3 heterocycles. The van der Waals surface area contributed by atoms with Crippen LogP contribution in [-0.2, 0) is 31.0 Å². The minimum absolute atomic E-state index is 0.0293. The zero-order chi connectivity index (χ0) is 27.7. The van der Waals surface area contributed by atoms with E-state index in [0.29, 0.717) is 37.2 Å². The number of thiophene rings is 1. The topological polar surface area (TPSA) is 85.4 Å². The van der Waals surface area contributed by atoms with E-state index >= 15 is 0 Å². The number of nitrogens with zero attached hydrogens (tertiary/aromatic N) is 2. The molecule has 206 valence electrons. The molecular weight excluding hydrogens is 584 g/mol. The van der Waals surface area contributed by atoms with Crippen LogP contribution in [0.3, 0.4) is 0 Å². The van der Waals surface area contributed by atoms with E-state index in [1.807, 2.05) is 30.6 Å². The first-order valence-corrected chi connectivity index (χ1v) is 14.8. The van der Waals surface area contributed by atoms with Gasteiger partial charge in [-0.1, -0.05) is 6.07 Å². The number of hydrogen-bond acceptors (Lipinski definition) is 8. The Morgan fingerprint density at radius 2 is 2.03 bits per heavy atom. The Morgan fingerprint density at radius 3 is 2.72 bits per heavy atom. The van der Waals surface area contributed by atoms with Gasteiger partial charge in [-0.25, -0.2) is 0 Å². The molecule has 0 N–H and O–H groups in total. The van der Waals surface area contributed by atoms with Crippen molar-refractivity contribution in [1.82, 2.24) is 9.80 Å². The highest BCUT2D eigenvalue weighted by atomic mass is 79.9. The molecule has 2 fully saturated rings. The lowest BCUT2D eigenvalue weighted by Crippen LogP contribution is -2.78. The van der Waals surface area contributed by atoms with E-state index in [4.69, 9.17) is 14.2 Å². The predicted octanol–water partition coefficient (Wildman–Crippen LogP) is 4.33. The average Bonchev–Trinajstić information content (AvgIpc) is 3.45. The molecule has 1 saturated heterocycles. The summed E-state index contributed by atoms with van der Waals surface area (Å²) in [5.41, 5.74) is 0.597. The Balaban J connectivity index is 1.46. The number of likely N-dealkylation sites (tertiary alicyclic amines) is 1. The van der Waals surface area contributed by atoms with Gasteiger partial charge in [-0.2, -0.15) is 0 Å². The molecule has 10 heteroatoms. The third-order valence-electron chi connectivity index (χ3n) is 9.05. The van der Waals surface area contributed by atoms with Crippen LogP contribution in [0.25, 0.3) is 6.08 Å². The number of hydrogen-bond donors (Lipinski definition) is 0. The summed E-state index contributed by atoms with van der Waals surface area (Å²) < 4.78 is 19.8. The minimum atomic E-state index is -0.816. The minimum Gasteiger partial charge on any atom is -0.483 e. The van der Waals surface area contributed by atoms with Crippen LogP contribution >= 0.6 is 27.3 Å². The zero-order valence-corrected chi connectivity index (χ0v) is 24.8. The lowest BCUT2D eigenvalue weighted by atomic mass is 9.48. The molecular formula is C29H31BrN2O6S. The number of carbonyl (C=O) groups is 3. The quantitative estimate of drug-likeness (QED) is 0.281. The number of benzene rings is 1. The highest BCUT2D eigenvalue weighted by molar-refractivity contribution is 9.10. The summed E-state index contributed by atoms with van der Waals surface area (Å²) in [5, 5.41) is 1.98. The molecule has 2 aliphatic heterocycles. The number of amides is 1. The molecule has 6 rings (SSSR count). The van der Waals surface area contributed by atoms with Gasteiger partial charge in [0.2, 0.25) is 5.91 Å². The third-order valence-corrected chi connectivity index (χ3v) is 10.7. The maximum atomic E-state index is 13.5. The molecule has 1 spiro atoms. The van der Waals surface area contributed by atoms with Crippen molar-refractivity contribution in [2.24, 2.45) is 0 Å². The Kier molecular flexibility index (Phi) is 6.43. The van der Waals surface area contributed by atoms with E-state index in [-0.39, 0.29) is 24.0 Å². The number of esters is 2. The summed E-state index contributed by atoms with van der Waals surface area (Å²) >= 11 is 5.01. The number of piperidine rings is 1. The molecule has 1 saturated carbocycles. The molecule has 1 aromatic heterocycles. The molecule has 8 nitrogen and oxygen atoms in total. The Labute approximate surface area is 240 Å². The lowest BCUT2D eigenvalue weighted by Gasteiger charge is -2.65. The van der Waals surface area contributed by atoms with Crippen molar-refractivity contribution >= 4 is 51.2 Å². The predicted molar refractivity (Wildman–Crippen MR) is 150 cm³/mol.